The molecule has 124 valence electrons. The summed E-state index contributed by atoms with van der Waals surface area (Å²) in [4.78, 5) is 0. The molecule has 0 aromatic rings. The maximum Gasteiger partial charge on any atom is 0.0591 e. The standard InChI is InChI=1S/C19H36O2/c1-13(10-12-18(3,4)21)14(2)15-8-9-16-17(20)7-6-11-19(15,16)5/h13-17,20-21H,6-12H2,1-5H3/t13?,14-,15?,16?,17?,19?/m1/s1. The fraction of sp³-hybridized carbons (Fsp3) is 1.00. The molecule has 0 amide bonds. The van der Waals surface area contributed by atoms with Gasteiger partial charge in [-0.2, -0.15) is 0 Å². The van der Waals surface area contributed by atoms with E-state index in [1.807, 2.05) is 13.8 Å². The highest BCUT2D eigenvalue weighted by Crippen LogP contribution is 2.58. The van der Waals surface area contributed by atoms with Gasteiger partial charge in [-0.3, -0.25) is 0 Å². The molecular formula is C19H36O2. The van der Waals surface area contributed by atoms with Gasteiger partial charge in [0.15, 0.2) is 0 Å². The van der Waals surface area contributed by atoms with Crippen LogP contribution < -0.4 is 0 Å². The molecule has 0 aromatic carbocycles. The molecule has 2 fully saturated rings. The maximum atomic E-state index is 10.4. The van der Waals surface area contributed by atoms with E-state index in [1.54, 1.807) is 0 Å². The molecular weight excluding hydrogens is 260 g/mol. The predicted molar refractivity (Wildman–Crippen MR) is 88.0 cm³/mol. The molecule has 2 nitrogen and oxygen atoms in total. The highest BCUT2D eigenvalue weighted by molar-refractivity contribution is 5.02. The van der Waals surface area contributed by atoms with Gasteiger partial charge in [-0.05, 0) is 81.5 Å². The Labute approximate surface area is 131 Å². The monoisotopic (exact) mass is 296 g/mol. The van der Waals surface area contributed by atoms with Crippen LogP contribution in [0.25, 0.3) is 0 Å². The van der Waals surface area contributed by atoms with E-state index in [9.17, 15) is 10.2 Å². The number of hydrogen-bond donors (Lipinski definition) is 2. The summed E-state index contributed by atoms with van der Waals surface area (Å²) in [6.45, 7) is 11.0. The van der Waals surface area contributed by atoms with Crippen LogP contribution in [0.3, 0.4) is 0 Å². The van der Waals surface area contributed by atoms with Crippen LogP contribution in [-0.4, -0.2) is 21.9 Å². The first-order valence-corrected chi connectivity index (χ1v) is 9.05. The van der Waals surface area contributed by atoms with Crippen molar-refractivity contribution >= 4 is 0 Å². The van der Waals surface area contributed by atoms with E-state index in [0.29, 0.717) is 23.2 Å². The van der Waals surface area contributed by atoms with Gasteiger partial charge in [-0.25, -0.2) is 0 Å². The zero-order chi connectivity index (χ0) is 15.8. The molecule has 0 radical (unpaired) electrons. The Morgan fingerprint density at radius 3 is 2.48 bits per heavy atom. The smallest absolute Gasteiger partial charge is 0.0591 e. The van der Waals surface area contributed by atoms with Crippen molar-refractivity contribution in [2.45, 2.75) is 91.3 Å². The van der Waals surface area contributed by atoms with Crippen LogP contribution in [0.1, 0.15) is 79.6 Å². The summed E-state index contributed by atoms with van der Waals surface area (Å²) < 4.78 is 0. The summed E-state index contributed by atoms with van der Waals surface area (Å²) in [5.74, 6) is 2.61. The Kier molecular flexibility index (Phi) is 5.10. The largest absolute Gasteiger partial charge is 0.393 e. The van der Waals surface area contributed by atoms with Crippen molar-refractivity contribution in [2.24, 2.45) is 29.1 Å². The van der Waals surface area contributed by atoms with Crippen LogP contribution in [0.4, 0.5) is 0 Å². The third-order valence-corrected chi connectivity index (χ3v) is 6.91. The van der Waals surface area contributed by atoms with Crippen LogP contribution >= 0.6 is 0 Å². The Morgan fingerprint density at radius 2 is 1.86 bits per heavy atom. The van der Waals surface area contributed by atoms with Crippen LogP contribution in [0.5, 0.6) is 0 Å². The molecule has 2 heteroatoms. The van der Waals surface area contributed by atoms with Gasteiger partial charge in [0.2, 0.25) is 0 Å². The molecule has 2 rings (SSSR count). The van der Waals surface area contributed by atoms with E-state index >= 15 is 0 Å². The molecule has 0 spiro atoms. The van der Waals surface area contributed by atoms with Gasteiger partial charge in [0.25, 0.3) is 0 Å². The first-order chi connectivity index (χ1) is 9.65. The zero-order valence-electron chi connectivity index (χ0n) is 14.7. The van der Waals surface area contributed by atoms with Gasteiger partial charge in [0.05, 0.1) is 11.7 Å². The molecule has 2 aliphatic rings. The second-order valence-corrected chi connectivity index (χ2v) is 8.94. The van der Waals surface area contributed by atoms with E-state index in [4.69, 9.17) is 0 Å². The molecule has 2 saturated carbocycles. The number of aliphatic hydroxyl groups excluding tert-OH is 1. The van der Waals surface area contributed by atoms with Gasteiger partial charge < -0.3 is 10.2 Å². The minimum atomic E-state index is -0.545. The van der Waals surface area contributed by atoms with Gasteiger partial charge in [0, 0.05) is 0 Å². The molecule has 0 heterocycles. The molecule has 0 bridgehead atoms. The lowest BCUT2D eigenvalue weighted by Crippen LogP contribution is -2.42. The molecule has 2 aliphatic carbocycles. The Hall–Kier alpha value is -0.0800. The van der Waals surface area contributed by atoms with E-state index in [1.165, 1.54) is 25.7 Å². The summed E-state index contributed by atoms with van der Waals surface area (Å²) in [7, 11) is 0. The van der Waals surface area contributed by atoms with Crippen molar-refractivity contribution in [1.82, 2.24) is 0 Å². The Balaban J connectivity index is 2.00. The van der Waals surface area contributed by atoms with Gasteiger partial charge in [-0.15, -0.1) is 0 Å². The van der Waals surface area contributed by atoms with E-state index in [2.05, 4.69) is 20.8 Å². The van der Waals surface area contributed by atoms with E-state index in [0.717, 1.165) is 25.2 Å². The molecule has 21 heavy (non-hydrogen) atoms. The molecule has 0 aliphatic heterocycles. The van der Waals surface area contributed by atoms with E-state index < -0.39 is 5.60 Å². The van der Waals surface area contributed by atoms with Crippen molar-refractivity contribution in [3.63, 3.8) is 0 Å². The van der Waals surface area contributed by atoms with Crippen LogP contribution in [0, 0.1) is 29.1 Å². The quantitative estimate of drug-likeness (QED) is 0.790. The highest BCUT2D eigenvalue weighted by atomic mass is 16.3. The average Bonchev–Trinajstić information content (AvgIpc) is 2.73. The second kappa shape index (κ2) is 6.20. The molecule has 0 saturated heterocycles. The highest BCUT2D eigenvalue weighted by Gasteiger charge is 2.52. The third-order valence-electron chi connectivity index (χ3n) is 6.91. The third kappa shape index (κ3) is 3.64. The van der Waals surface area contributed by atoms with Crippen molar-refractivity contribution in [3.05, 3.63) is 0 Å². The normalized spacial score (nSPS) is 39.9. The van der Waals surface area contributed by atoms with Gasteiger partial charge >= 0.3 is 0 Å². The zero-order valence-corrected chi connectivity index (χ0v) is 14.7. The minimum Gasteiger partial charge on any atom is -0.393 e. The van der Waals surface area contributed by atoms with Crippen molar-refractivity contribution in [1.29, 1.82) is 0 Å². The summed E-state index contributed by atoms with van der Waals surface area (Å²) in [5.41, 5.74) is -0.197. The fourth-order valence-corrected chi connectivity index (χ4v) is 5.29. The lowest BCUT2D eigenvalue weighted by atomic mass is 9.60. The lowest BCUT2D eigenvalue weighted by Gasteiger charge is -2.46. The van der Waals surface area contributed by atoms with Crippen molar-refractivity contribution in [3.8, 4) is 0 Å². The number of rotatable bonds is 5. The number of fused-ring (bicyclic) bond motifs is 1. The van der Waals surface area contributed by atoms with E-state index in [-0.39, 0.29) is 6.10 Å². The SMILES string of the molecule is CC(CCC(C)(C)O)[C@@H](C)C1CCC2C(O)CCCC21C. The van der Waals surface area contributed by atoms with Crippen LogP contribution in [-0.2, 0) is 0 Å². The second-order valence-electron chi connectivity index (χ2n) is 8.94. The molecule has 0 aromatic heterocycles. The summed E-state index contributed by atoms with van der Waals surface area (Å²) >= 11 is 0. The van der Waals surface area contributed by atoms with Crippen molar-refractivity contribution < 1.29 is 10.2 Å². The van der Waals surface area contributed by atoms with Gasteiger partial charge in [0.1, 0.15) is 0 Å². The predicted octanol–water partition coefficient (Wildman–Crippen LogP) is 4.39. The number of hydrogen-bond acceptors (Lipinski definition) is 2. The summed E-state index contributed by atoms with van der Waals surface area (Å²) in [5, 5.41) is 20.3. The fourth-order valence-electron chi connectivity index (χ4n) is 5.29. The summed E-state index contributed by atoms with van der Waals surface area (Å²) in [6, 6.07) is 0. The van der Waals surface area contributed by atoms with Crippen molar-refractivity contribution in [2.75, 3.05) is 0 Å². The first kappa shape index (κ1) is 17.3. The minimum absolute atomic E-state index is 0.0624. The summed E-state index contributed by atoms with van der Waals surface area (Å²) in [6.07, 6.45) is 7.91. The average molecular weight is 296 g/mol. The lowest BCUT2D eigenvalue weighted by molar-refractivity contribution is -0.0337. The number of aliphatic hydroxyl groups is 2. The van der Waals surface area contributed by atoms with Crippen LogP contribution in [0.2, 0.25) is 0 Å². The molecule has 5 unspecified atom stereocenters. The maximum absolute atomic E-state index is 10.4. The molecule has 6 atom stereocenters. The van der Waals surface area contributed by atoms with Gasteiger partial charge in [-0.1, -0.05) is 27.2 Å². The molecule has 2 N–H and O–H groups in total. The topological polar surface area (TPSA) is 40.5 Å². The Bertz CT molecular complexity index is 346. The Morgan fingerprint density at radius 1 is 1.19 bits per heavy atom. The first-order valence-electron chi connectivity index (χ1n) is 9.05. The van der Waals surface area contributed by atoms with Crippen LogP contribution in [0.15, 0.2) is 0 Å².